The number of nitrogens with zero attached hydrogens (tertiary/aromatic N) is 2. The smallest absolute Gasteiger partial charge is 0.332 e. The van der Waals surface area contributed by atoms with Crippen LogP contribution in [0.3, 0.4) is 0 Å². The standard InChI is InChI=1S/C25H23ClN4O5/c26-15-9-11-17(12-10-15)28-20(31)13-29-22-18-7-3-4-8-19(18)35-23(22)24(33)30(25(29)34)14-21(32)27-16-5-1-2-6-16/h3-4,7-12,16H,1-2,5-6,13-14H2,(H,27,32)(H,28,31). The number of amides is 2. The summed E-state index contributed by atoms with van der Waals surface area (Å²) in [6, 6.07) is 13.5. The third kappa shape index (κ3) is 4.59. The average molecular weight is 495 g/mol. The molecular formula is C25H23ClN4O5. The minimum absolute atomic E-state index is 0.0421. The molecule has 2 heterocycles. The van der Waals surface area contributed by atoms with Crippen LogP contribution in [0.25, 0.3) is 22.1 Å². The number of hydrogen-bond acceptors (Lipinski definition) is 5. The fourth-order valence-electron chi connectivity index (χ4n) is 4.55. The van der Waals surface area contributed by atoms with Crippen LogP contribution in [0.2, 0.25) is 5.02 Å². The summed E-state index contributed by atoms with van der Waals surface area (Å²) in [6.07, 6.45) is 3.81. The molecule has 5 rings (SSSR count). The van der Waals surface area contributed by atoms with Gasteiger partial charge in [-0.05, 0) is 49.2 Å². The minimum atomic E-state index is -0.762. The lowest BCUT2D eigenvalue weighted by molar-refractivity contribution is -0.122. The van der Waals surface area contributed by atoms with Crippen LogP contribution in [0.5, 0.6) is 0 Å². The predicted molar refractivity (Wildman–Crippen MR) is 133 cm³/mol. The van der Waals surface area contributed by atoms with Crippen molar-refractivity contribution >= 4 is 51.2 Å². The zero-order valence-electron chi connectivity index (χ0n) is 18.8. The molecule has 35 heavy (non-hydrogen) atoms. The minimum Gasteiger partial charge on any atom is -0.449 e. The van der Waals surface area contributed by atoms with E-state index in [-0.39, 0.29) is 23.7 Å². The number of hydrogen-bond donors (Lipinski definition) is 2. The van der Waals surface area contributed by atoms with Crippen molar-refractivity contribution in [3.63, 3.8) is 0 Å². The first-order chi connectivity index (χ1) is 16.9. The number of halogens is 1. The molecule has 2 aromatic heterocycles. The van der Waals surface area contributed by atoms with E-state index in [1.54, 1.807) is 48.5 Å². The highest BCUT2D eigenvalue weighted by molar-refractivity contribution is 6.30. The van der Waals surface area contributed by atoms with Crippen molar-refractivity contribution in [1.29, 1.82) is 0 Å². The lowest BCUT2D eigenvalue weighted by Crippen LogP contribution is -2.46. The van der Waals surface area contributed by atoms with Gasteiger partial charge >= 0.3 is 5.69 Å². The molecule has 0 saturated heterocycles. The highest BCUT2D eigenvalue weighted by Gasteiger charge is 2.24. The molecule has 1 aliphatic carbocycles. The number of nitrogens with one attached hydrogen (secondary N) is 2. The Hall–Kier alpha value is -3.85. The summed E-state index contributed by atoms with van der Waals surface area (Å²) in [6.45, 7) is -0.841. The SMILES string of the molecule is O=C(Cn1c(=O)n(CC(=O)NC2CCCC2)c(=O)c2oc3ccccc3c21)Nc1ccc(Cl)cc1. The lowest BCUT2D eigenvalue weighted by Gasteiger charge is -2.14. The van der Waals surface area contributed by atoms with Crippen LogP contribution in [-0.4, -0.2) is 27.0 Å². The monoisotopic (exact) mass is 494 g/mol. The summed E-state index contributed by atoms with van der Waals surface area (Å²) in [5, 5.41) is 6.65. The van der Waals surface area contributed by atoms with Crippen LogP contribution in [-0.2, 0) is 22.7 Å². The van der Waals surface area contributed by atoms with Crippen molar-refractivity contribution < 1.29 is 14.0 Å². The van der Waals surface area contributed by atoms with Crippen molar-refractivity contribution in [1.82, 2.24) is 14.5 Å². The second-order valence-corrected chi connectivity index (χ2v) is 9.08. The summed E-state index contributed by atoms with van der Waals surface area (Å²) >= 11 is 5.90. The molecule has 0 radical (unpaired) electrons. The molecule has 0 unspecified atom stereocenters. The van der Waals surface area contributed by atoms with E-state index in [2.05, 4.69) is 10.6 Å². The van der Waals surface area contributed by atoms with Gasteiger partial charge in [0, 0.05) is 22.1 Å². The molecule has 0 atom stereocenters. The van der Waals surface area contributed by atoms with Crippen LogP contribution >= 0.6 is 11.6 Å². The Kier molecular flexibility index (Phi) is 6.17. The molecule has 0 spiro atoms. The molecule has 1 saturated carbocycles. The van der Waals surface area contributed by atoms with E-state index in [9.17, 15) is 19.2 Å². The summed E-state index contributed by atoms with van der Waals surface area (Å²) in [5.74, 6) is -0.912. The van der Waals surface area contributed by atoms with Gasteiger partial charge in [-0.25, -0.2) is 9.36 Å². The number of carbonyl (C=O) groups excluding carboxylic acids is 2. The van der Waals surface area contributed by atoms with Crippen LogP contribution in [0.1, 0.15) is 25.7 Å². The lowest BCUT2D eigenvalue weighted by atomic mass is 10.2. The number of para-hydroxylation sites is 1. The predicted octanol–water partition coefficient (Wildman–Crippen LogP) is 3.26. The third-order valence-electron chi connectivity index (χ3n) is 6.19. The second kappa shape index (κ2) is 9.42. The average Bonchev–Trinajstić information content (AvgIpc) is 3.49. The molecule has 180 valence electrons. The Morgan fingerprint density at radius 2 is 1.63 bits per heavy atom. The topological polar surface area (TPSA) is 115 Å². The van der Waals surface area contributed by atoms with Gasteiger partial charge in [0.1, 0.15) is 24.2 Å². The first-order valence-corrected chi connectivity index (χ1v) is 11.8. The second-order valence-electron chi connectivity index (χ2n) is 8.64. The van der Waals surface area contributed by atoms with E-state index in [4.69, 9.17) is 16.0 Å². The van der Waals surface area contributed by atoms with E-state index in [0.717, 1.165) is 30.3 Å². The molecule has 0 bridgehead atoms. The van der Waals surface area contributed by atoms with Gasteiger partial charge in [-0.3, -0.25) is 19.0 Å². The Balaban J connectivity index is 1.55. The third-order valence-corrected chi connectivity index (χ3v) is 6.44. The van der Waals surface area contributed by atoms with Gasteiger partial charge in [-0.1, -0.05) is 36.6 Å². The van der Waals surface area contributed by atoms with Crippen LogP contribution in [0.15, 0.2) is 62.5 Å². The van der Waals surface area contributed by atoms with E-state index < -0.39 is 29.6 Å². The highest BCUT2D eigenvalue weighted by atomic mass is 35.5. The number of fused-ring (bicyclic) bond motifs is 3. The largest absolute Gasteiger partial charge is 0.449 e. The van der Waals surface area contributed by atoms with Crippen LogP contribution < -0.4 is 21.9 Å². The molecule has 10 heteroatoms. The van der Waals surface area contributed by atoms with Gasteiger partial charge in [0.25, 0.3) is 5.56 Å². The Morgan fingerprint density at radius 3 is 2.37 bits per heavy atom. The number of aromatic nitrogens is 2. The molecule has 2 amide bonds. The molecule has 1 fully saturated rings. The molecule has 4 aromatic rings. The number of rotatable bonds is 6. The maximum absolute atomic E-state index is 13.5. The van der Waals surface area contributed by atoms with Crippen molar-refractivity contribution in [3.05, 3.63) is 74.4 Å². The van der Waals surface area contributed by atoms with E-state index in [1.165, 1.54) is 4.57 Å². The molecule has 0 aliphatic heterocycles. The maximum atomic E-state index is 13.5. The van der Waals surface area contributed by atoms with E-state index >= 15 is 0 Å². The van der Waals surface area contributed by atoms with Crippen molar-refractivity contribution in [2.24, 2.45) is 0 Å². The summed E-state index contributed by atoms with van der Waals surface area (Å²) in [4.78, 5) is 52.2. The zero-order chi connectivity index (χ0) is 24.5. The molecule has 2 N–H and O–H groups in total. The fourth-order valence-corrected chi connectivity index (χ4v) is 4.67. The first-order valence-electron chi connectivity index (χ1n) is 11.4. The van der Waals surface area contributed by atoms with Gasteiger partial charge < -0.3 is 15.1 Å². The highest BCUT2D eigenvalue weighted by Crippen LogP contribution is 2.25. The van der Waals surface area contributed by atoms with Crippen molar-refractivity contribution in [3.8, 4) is 0 Å². The Morgan fingerprint density at radius 1 is 0.943 bits per heavy atom. The number of furan rings is 1. The normalized spacial score (nSPS) is 14.0. The van der Waals surface area contributed by atoms with Crippen molar-refractivity contribution in [2.75, 3.05) is 5.32 Å². The first kappa shape index (κ1) is 22.9. The molecular weight excluding hydrogens is 472 g/mol. The number of benzene rings is 2. The molecule has 9 nitrogen and oxygen atoms in total. The van der Waals surface area contributed by atoms with Gasteiger partial charge in [0.05, 0.1) is 0 Å². The summed E-state index contributed by atoms with van der Waals surface area (Å²) in [7, 11) is 0. The number of carbonyl (C=O) groups is 2. The van der Waals surface area contributed by atoms with Gasteiger partial charge in [-0.2, -0.15) is 0 Å². The maximum Gasteiger partial charge on any atom is 0.332 e. The quantitative estimate of drug-likeness (QED) is 0.427. The van der Waals surface area contributed by atoms with E-state index in [1.807, 2.05) is 0 Å². The van der Waals surface area contributed by atoms with Gasteiger partial charge in [-0.15, -0.1) is 0 Å². The Labute approximate surface area is 204 Å². The fraction of sp³-hybridized carbons (Fsp3) is 0.280. The molecule has 2 aromatic carbocycles. The zero-order valence-corrected chi connectivity index (χ0v) is 19.5. The van der Waals surface area contributed by atoms with Crippen LogP contribution in [0.4, 0.5) is 5.69 Å². The Bertz CT molecular complexity index is 1540. The summed E-state index contributed by atoms with van der Waals surface area (Å²) in [5.41, 5.74) is -0.434. The molecule has 1 aliphatic rings. The van der Waals surface area contributed by atoms with E-state index in [0.29, 0.717) is 21.7 Å². The van der Waals surface area contributed by atoms with Gasteiger partial charge in [0.15, 0.2) is 0 Å². The number of anilines is 1. The van der Waals surface area contributed by atoms with Crippen molar-refractivity contribution in [2.45, 2.75) is 44.8 Å². The summed E-state index contributed by atoms with van der Waals surface area (Å²) < 4.78 is 7.78. The van der Waals surface area contributed by atoms with Crippen LogP contribution in [0, 0.1) is 0 Å². The van der Waals surface area contributed by atoms with Gasteiger partial charge in [0.2, 0.25) is 17.4 Å².